The Morgan fingerprint density at radius 2 is 1.72 bits per heavy atom. The average Bonchev–Trinajstić information content (AvgIpc) is 2.85. The molecule has 1 N–H and O–H groups in total. The maximum atomic E-state index is 12.2. The molecular formula is C27H27NO4. The van der Waals surface area contributed by atoms with Gasteiger partial charge in [-0.3, -0.25) is 0 Å². The van der Waals surface area contributed by atoms with Crippen LogP contribution in [0.3, 0.4) is 0 Å². The van der Waals surface area contributed by atoms with E-state index in [0.29, 0.717) is 31.6 Å². The van der Waals surface area contributed by atoms with E-state index >= 15 is 0 Å². The van der Waals surface area contributed by atoms with Crippen molar-refractivity contribution in [3.63, 3.8) is 0 Å². The Morgan fingerprint density at radius 3 is 2.47 bits per heavy atom. The zero-order chi connectivity index (χ0) is 22.2. The van der Waals surface area contributed by atoms with Crippen molar-refractivity contribution in [3.8, 4) is 5.75 Å². The first-order chi connectivity index (χ1) is 15.7. The number of carbonyl (C=O) groups excluding carboxylic acids is 1. The first-order valence-corrected chi connectivity index (χ1v) is 11.0. The van der Waals surface area contributed by atoms with E-state index in [1.54, 1.807) is 12.1 Å². The summed E-state index contributed by atoms with van der Waals surface area (Å²) in [4.78, 5) is 12.2. The number of carbonyl (C=O) groups is 1. The third-order valence-corrected chi connectivity index (χ3v) is 5.65. The molecule has 0 radical (unpaired) electrons. The molecule has 5 heteroatoms. The van der Waals surface area contributed by atoms with Crippen molar-refractivity contribution >= 4 is 11.7 Å². The molecule has 3 aromatic carbocycles. The van der Waals surface area contributed by atoms with Crippen LogP contribution < -0.4 is 4.74 Å². The standard InChI is InChI=1S/C27H27NO4/c29-27(21-11-5-2-6-12-21)31-16-8-14-23-17-24-22(13-7-15-25(24)28-30)18-26(23)32-19-20-9-3-1-4-10-20/h1-6,9-12,17-18,30H,7-8,13-16,19H2. The third-order valence-electron chi connectivity index (χ3n) is 5.65. The van der Waals surface area contributed by atoms with Crippen molar-refractivity contribution in [1.29, 1.82) is 0 Å². The van der Waals surface area contributed by atoms with Crippen LogP contribution >= 0.6 is 0 Å². The fourth-order valence-corrected chi connectivity index (χ4v) is 3.98. The Labute approximate surface area is 188 Å². The average molecular weight is 430 g/mol. The minimum Gasteiger partial charge on any atom is -0.489 e. The number of nitrogens with zero attached hydrogens (tertiary/aromatic N) is 1. The predicted octanol–water partition coefficient (Wildman–Crippen LogP) is 5.57. The van der Waals surface area contributed by atoms with Gasteiger partial charge in [0.2, 0.25) is 0 Å². The van der Waals surface area contributed by atoms with E-state index in [0.717, 1.165) is 53.0 Å². The van der Waals surface area contributed by atoms with E-state index in [1.165, 1.54) is 0 Å². The normalized spacial score (nSPS) is 14.1. The van der Waals surface area contributed by atoms with E-state index in [-0.39, 0.29) is 5.97 Å². The van der Waals surface area contributed by atoms with Crippen molar-refractivity contribution in [2.24, 2.45) is 5.16 Å². The van der Waals surface area contributed by atoms with Crippen molar-refractivity contribution in [2.45, 2.75) is 38.7 Å². The summed E-state index contributed by atoms with van der Waals surface area (Å²) in [6, 6.07) is 23.2. The molecule has 1 aliphatic rings. The number of aryl methyl sites for hydroxylation is 2. The van der Waals surface area contributed by atoms with Crippen molar-refractivity contribution in [3.05, 3.63) is 101 Å². The summed E-state index contributed by atoms with van der Waals surface area (Å²) < 4.78 is 11.6. The number of esters is 1. The first-order valence-electron chi connectivity index (χ1n) is 11.0. The number of oxime groups is 1. The van der Waals surface area contributed by atoms with Crippen LogP contribution in [0.2, 0.25) is 0 Å². The number of fused-ring (bicyclic) bond motifs is 1. The van der Waals surface area contributed by atoms with Crippen LogP contribution in [-0.4, -0.2) is 23.5 Å². The second kappa shape index (κ2) is 10.6. The van der Waals surface area contributed by atoms with Crippen LogP contribution in [0.25, 0.3) is 0 Å². The van der Waals surface area contributed by atoms with Crippen LogP contribution in [0, 0.1) is 0 Å². The molecule has 0 saturated heterocycles. The highest BCUT2D eigenvalue weighted by atomic mass is 16.5. The Hall–Kier alpha value is -3.60. The number of benzene rings is 3. The highest BCUT2D eigenvalue weighted by Gasteiger charge is 2.20. The highest BCUT2D eigenvalue weighted by molar-refractivity contribution is 6.02. The lowest BCUT2D eigenvalue weighted by atomic mass is 9.87. The molecule has 0 saturated carbocycles. The molecule has 0 amide bonds. The molecule has 0 aliphatic heterocycles. The molecular weight excluding hydrogens is 402 g/mol. The van der Waals surface area contributed by atoms with Crippen LogP contribution in [0.5, 0.6) is 5.75 Å². The van der Waals surface area contributed by atoms with E-state index in [1.807, 2.05) is 48.5 Å². The van der Waals surface area contributed by atoms with Gasteiger partial charge in [0.1, 0.15) is 12.4 Å². The SMILES string of the molecule is O=C(OCCCc1cc2c(cc1OCc1ccccc1)CCCC2=NO)c1ccccc1. The minimum absolute atomic E-state index is 0.314. The van der Waals surface area contributed by atoms with Gasteiger partial charge in [0.05, 0.1) is 17.9 Å². The van der Waals surface area contributed by atoms with E-state index in [2.05, 4.69) is 17.3 Å². The quantitative estimate of drug-likeness (QED) is 0.220. The van der Waals surface area contributed by atoms with Gasteiger partial charge in [0.25, 0.3) is 0 Å². The zero-order valence-electron chi connectivity index (χ0n) is 18.0. The first kappa shape index (κ1) is 21.6. The summed E-state index contributed by atoms with van der Waals surface area (Å²) in [5, 5.41) is 12.9. The van der Waals surface area contributed by atoms with Crippen LogP contribution in [0.4, 0.5) is 0 Å². The summed E-state index contributed by atoms with van der Waals surface area (Å²) >= 11 is 0. The number of ether oxygens (including phenoxy) is 2. The van der Waals surface area contributed by atoms with E-state index < -0.39 is 0 Å². The fourth-order valence-electron chi connectivity index (χ4n) is 3.98. The molecule has 4 rings (SSSR count). The molecule has 1 aliphatic carbocycles. The molecule has 0 bridgehead atoms. The predicted molar refractivity (Wildman–Crippen MR) is 124 cm³/mol. The molecule has 3 aromatic rings. The number of hydrogen-bond acceptors (Lipinski definition) is 5. The molecule has 0 atom stereocenters. The summed E-state index contributed by atoms with van der Waals surface area (Å²) in [6.07, 6.45) is 4.02. The lowest BCUT2D eigenvalue weighted by Gasteiger charge is -2.21. The van der Waals surface area contributed by atoms with Gasteiger partial charge in [-0.2, -0.15) is 0 Å². The second-order valence-electron chi connectivity index (χ2n) is 7.90. The minimum atomic E-state index is -0.314. The van der Waals surface area contributed by atoms with Gasteiger partial charge in [-0.05, 0) is 73.1 Å². The smallest absolute Gasteiger partial charge is 0.338 e. The topological polar surface area (TPSA) is 68.1 Å². The maximum absolute atomic E-state index is 12.2. The zero-order valence-corrected chi connectivity index (χ0v) is 18.0. The molecule has 0 spiro atoms. The fraction of sp³-hybridized carbons (Fsp3) is 0.259. The monoisotopic (exact) mass is 429 g/mol. The van der Waals surface area contributed by atoms with Gasteiger partial charge >= 0.3 is 5.97 Å². The van der Waals surface area contributed by atoms with Crippen LogP contribution in [0.1, 0.15) is 51.9 Å². The number of hydrogen-bond donors (Lipinski definition) is 1. The van der Waals surface area contributed by atoms with Gasteiger partial charge in [-0.25, -0.2) is 4.79 Å². The Balaban J connectivity index is 1.46. The molecule has 0 unspecified atom stereocenters. The van der Waals surface area contributed by atoms with Gasteiger partial charge in [0.15, 0.2) is 0 Å². The molecule has 0 aromatic heterocycles. The molecule has 5 nitrogen and oxygen atoms in total. The Morgan fingerprint density at radius 1 is 0.969 bits per heavy atom. The summed E-state index contributed by atoms with van der Waals surface area (Å²) in [5.74, 6) is 0.521. The molecule has 0 fully saturated rings. The maximum Gasteiger partial charge on any atom is 0.338 e. The van der Waals surface area contributed by atoms with Crippen molar-refractivity contribution < 1.29 is 19.5 Å². The Kier molecular flexibility index (Phi) is 7.18. The van der Waals surface area contributed by atoms with Gasteiger partial charge in [0, 0.05) is 5.56 Å². The second-order valence-corrected chi connectivity index (χ2v) is 7.90. The number of rotatable bonds is 8. The molecule has 0 heterocycles. The third kappa shape index (κ3) is 5.35. The Bertz CT molecular complexity index is 1080. The van der Waals surface area contributed by atoms with Gasteiger partial charge in [-0.1, -0.05) is 53.7 Å². The van der Waals surface area contributed by atoms with Crippen LogP contribution in [0.15, 0.2) is 78.0 Å². The van der Waals surface area contributed by atoms with Crippen molar-refractivity contribution in [2.75, 3.05) is 6.61 Å². The largest absolute Gasteiger partial charge is 0.489 e. The summed E-state index contributed by atoms with van der Waals surface area (Å²) in [5.41, 5.74) is 5.53. The van der Waals surface area contributed by atoms with Gasteiger partial charge < -0.3 is 14.7 Å². The lowest BCUT2D eigenvalue weighted by molar-refractivity contribution is 0.0500. The summed E-state index contributed by atoms with van der Waals surface area (Å²) in [7, 11) is 0. The molecule has 32 heavy (non-hydrogen) atoms. The highest BCUT2D eigenvalue weighted by Crippen LogP contribution is 2.31. The lowest BCUT2D eigenvalue weighted by Crippen LogP contribution is -2.14. The van der Waals surface area contributed by atoms with Gasteiger partial charge in [-0.15, -0.1) is 0 Å². The van der Waals surface area contributed by atoms with E-state index in [9.17, 15) is 10.0 Å². The van der Waals surface area contributed by atoms with Crippen LogP contribution in [-0.2, 0) is 24.2 Å². The summed E-state index contributed by atoms with van der Waals surface area (Å²) in [6.45, 7) is 0.806. The van der Waals surface area contributed by atoms with E-state index in [4.69, 9.17) is 9.47 Å². The molecule has 164 valence electrons. The van der Waals surface area contributed by atoms with Crippen molar-refractivity contribution in [1.82, 2.24) is 0 Å².